The minimum Gasteiger partial charge on any atom is -0.389 e. The Morgan fingerprint density at radius 3 is 2.42 bits per heavy atom. The molecule has 1 amide bonds. The van der Waals surface area contributed by atoms with Gasteiger partial charge in [-0.3, -0.25) is 4.79 Å². The summed E-state index contributed by atoms with van der Waals surface area (Å²) in [5.74, 6) is 0.450. The first-order valence-corrected chi connectivity index (χ1v) is 7.19. The van der Waals surface area contributed by atoms with Crippen LogP contribution in [0.25, 0.3) is 0 Å². The van der Waals surface area contributed by atoms with Crippen LogP contribution in [-0.2, 0) is 4.79 Å². The van der Waals surface area contributed by atoms with Gasteiger partial charge in [0.15, 0.2) is 0 Å². The second kappa shape index (κ2) is 5.41. The van der Waals surface area contributed by atoms with Gasteiger partial charge < -0.3 is 15.7 Å². The smallest absolute Gasteiger partial charge is 0.226 e. The molecule has 19 heavy (non-hydrogen) atoms. The third-order valence-electron chi connectivity index (χ3n) is 4.80. The van der Waals surface area contributed by atoms with Crippen molar-refractivity contribution in [2.75, 3.05) is 13.6 Å². The van der Waals surface area contributed by atoms with E-state index in [1.54, 1.807) is 25.8 Å². The van der Waals surface area contributed by atoms with Crippen LogP contribution < -0.4 is 5.73 Å². The molecule has 1 rings (SSSR count). The number of hydrogen-bond donors (Lipinski definition) is 2. The van der Waals surface area contributed by atoms with Crippen molar-refractivity contribution in [3.05, 3.63) is 0 Å². The Balaban J connectivity index is 2.82. The van der Waals surface area contributed by atoms with E-state index in [1.807, 2.05) is 0 Å². The van der Waals surface area contributed by atoms with Crippen molar-refractivity contribution in [3.63, 3.8) is 0 Å². The van der Waals surface area contributed by atoms with Gasteiger partial charge in [0.2, 0.25) is 5.91 Å². The fourth-order valence-electron chi connectivity index (χ4n) is 3.22. The summed E-state index contributed by atoms with van der Waals surface area (Å²) >= 11 is 0. The van der Waals surface area contributed by atoms with E-state index >= 15 is 0 Å². The monoisotopic (exact) mass is 270 g/mol. The molecule has 1 fully saturated rings. The predicted molar refractivity (Wildman–Crippen MR) is 77.6 cm³/mol. The van der Waals surface area contributed by atoms with Gasteiger partial charge in [0.1, 0.15) is 0 Å². The summed E-state index contributed by atoms with van der Waals surface area (Å²) < 4.78 is 0. The molecule has 0 aromatic heterocycles. The van der Waals surface area contributed by atoms with Crippen LogP contribution in [0.3, 0.4) is 0 Å². The van der Waals surface area contributed by atoms with Crippen molar-refractivity contribution < 1.29 is 9.90 Å². The van der Waals surface area contributed by atoms with E-state index in [9.17, 15) is 9.90 Å². The van der Waals surface area contributed by atoms with E-state index in [0.29, 0.717) is 12.5 Å². The fraction of sp³-hybridized carbons (Fsp3) is 0.933. The lowest BCUT2D eigenvalue weighted by molar-refractivity contribution is -0.144. The molecule has 0 aromatic carbocycles. The first-order chi connectivity index (χ1) is 8.47. The zero-order valence-corrected chi connectivity index (χ0v) is 13.2. The molecule has 112 valence electrons. The number of nitrogens with two attached hydrogens (primary N) is 1. The topological polar surface area (TPSA) is 66.6 Å². The van der Waals surface area contributed by atoms with Crippen LogP contribution >= 0.6 is 0 Å². The fourth-order valence-corrected chi connectivity index (χ4v) is 3.22. The summed E-state index contributed by atoms with van der Waals surface area (Å²) in [5.41, 5.74) is 5.18. The number of amides is 1. The van der Waals surface area contributed by atoms with Crippen LogP contribution in [0, 0.1) is 17.3 Å². The maximum Gasteiger partial charge on any atom is 0.226 e. The number of hydrogen-bond acceptors (Lipinski definition) is 3. The lowest BCUT2D eigenvalue weighted by Gasteiger charge is -2.47. The average molecular weight is 270 g/mol. The quantitative estimate of drug-likeness (QED) is 0.819. The first kappa shape index (κ1) is 16.4. The summed E-state index contributed by atoms with van der Waals surface area (Å²) in [4.78, 5) is 14.3. The molecule has 0 aliphatic heterocycles. The summed E-state index contributed by atoms with van der Waals surface area (Å²) in [7, 11) is 1.77. The van der Waals surface area contributed by atoms with Crippen molar-refractivity contribution in [3.8, 4) is 0 Å². The molecule has 3 atom stereocenters. The first-order valence-electron chi connectivity index (χ1n) is 7.19. The van der Waals surface area contributed by atoms with Crippen molar-refractivity contribution in [1.82, 2.24) is 4.90 Å². The summed E-state index contributed by atoms with van der Waals surface area (Å²) in [5, 5.41) is 9.85. The molecule has 0 radical (unpaired) electrons. The number of likely N-dealkylation sites (N-methyl/N-ethyl adjacent to an activating group) is 1. The molecule has 0 spiro atoms. The highest BCUT2D eigenvalue weighted by Crippen LogP contribution is 2.45. The van der Waals surface area contributed by atoms with Crippen molar-refractivity contribution in [2.45, 2.75) is 59.1 Å². The van der Waals surface area contributed by atoms with E-state index < -0.39 is 5.60 Å². The zero-order valence-electron chi connectivity index (χ0n) is 13.2. The molecule has 3 N–H and O–H groups in total. The molecule has 4 nitrogen and oxygen atoms in total. The molecule has 0 aromatic rings. The van der Waals surface area contributed by atoms with Crippen LogP contribution in [0.1, 0.15) is 47.5 Å². The van der Waals surface area contributed by atoms with Crippen LogP contribution in [0.2, 0.25) is 0 Å². The van der Waals surface area contributed by atoms with Gasteiger partial charge in [0, 0.05) is 25.6 Å². The summed E-state index contributed by atoms with van der Waals surface area (Å²) in [6, 6.07) is 0.179. The van der Waals surface area contributed by atoms with E-state index in [0.717, 1.165) is 12.8 Å². The van der Waals surface area contributed by atoms with Crippen LogP contribution in [-0.4, -0.2) is 41.1 Å². The SMILES string of the molecule is CC1C(N)CCC(C(=O)N(C)CC(C)(C)O)C1(C)C. The average Bonchev–Trinajstić information content (AvgIpc) is 2.23. The lowest BCUT2D eigenvalue weighted by Crippen LogP contribution is -2.53. The van der Waals surface area contributed by atoms with Crippen LogP contribution in [0.15, 0.2) is 0 Å². The zero-order chi connectivity index (χ0) is 15.0. The van der Waals surface area contributed by atoms with E-state index in [2.05, 4.69) is 20.8 Å². The highest BCUT2D eigenvalue weighted by molar-refractivity contribution is 5.79. The molecular weight excluding hydrogens is 240 g/mol. The van der Waals surface area contributed by atoms with Crippen molar-refractivity contribution >= 4 is 5.91 Å². The van der Waals surface area contributed by atoms with Crippen LogP contribution in [0.5, 0.6) is 0 Å². The molecular formula is C15H30N2O2. The Labute approximate surface area is 117 Å². The van der Waals surface area contributed by atoms with Gasteiger partial charge in [-0.25, -0.2) is 0 Å². The molecule has 1 aliphatic carbocycles. The normalized spacial score (nSPS) is 31.1. The number of nitrogens with zero attached hydrogens (tertiary/aromatic N) is 1. The minimum absolute atomic E-state index is 0.00495. The van der Waals surface area contributed by atoms with E-state index in [4.69, 9.17) is 5.73 Å². The van der Waals surface area contributed by atoms with Gasteiger partial charge in [0.05, 0.1) is 5.60 Å². The second-order valence-electron chi connectivity index (χ2n) is 7.41. The summed E-state index contributed by atoms with van der Waals surface area (Å²) in [6.45, 7) is 10.2. The Morgan fingerprint density at radius 2 is 1.95 bits per heavy atom. The molecule has 0 saturated heterocycles. The third kappa shape index (κ3) is 3.69. The molecule has 1 saturated carbocycles. The number of carbonyl (C=O) groups is 1. The van der Waals surface area contributed by atoms with E-state index in [1.165, 1.54) is 0 Å². The van der Waals surface area contributed by atoms with Gasteiger partial charge in [0.25, 0.3) is 0 Å². The number of rotatable bonds is 3. The third-order valence-corrected chi connectivity index (χ3v) is 4.80. The highest BCUT2D eigenvalue weighted by Gasteiger charge is 2.46. The highest BCUT2D eigenvalue weighted by atomic mass is 16.3. The molecule has 3 unspecified atom stereocenters. The number of carbonyl (C=O) groups excluding carboxylic acids is 1. The van der Waals surface area contributed by atoms with E-state index in [-0.39, 0.29) is 23.3 Å². The Bertz CT molecular complexity index is 334. The second-order valence-corrected chi connectivity index (χ2v) is 7.41. The summed E-state index contributed by atoms with van der Waals surface area (Å²) in [6.07, 6.45) is 1.74. The standard InChI is InChI=1S/C15H30N2O2/c1-10-12(16)8-7-11(15(10,4)5)13(18)17(6)9-14(2,3)19/h10-12,19H,7-9,16H2,1-6H3. The predicted octanol–water partition coefficient (Wildman–Crippen LogP) is 1.62. The molecule has 4 heteroatoms. The number of aliphatic hydroxyl groups is 1. The molecule has 0 heterocycles. The van der Waals surface area contributed by atoms with Crippen molar-refractivity contribution in [2.24, 2.45) is 23.0 Å². The van der Waals surface area contributed by atoms with Gasteiger partial charge in [-0.2, -0.15) is 0 Å². The van der Waals surface area contributed by atoms with Gasteiger partial charge in [-0.15, -0.1) is 0 Å². The lowest BCUT2D eigenvalue weighted by atomic mass is 9.60. The van der Waals surface area contributed by atoms with Crippen molar-refractivity contribution in [1.29, 1.82) is 0 Å². The maximum absolute atomic E-state index is 12.6. The molecule has 1 aliphatic rings. The van der Waals surface area contributed by atoms with Gasteiger partial charge in [-0.1, -0.05) is 20.8 Å². The Hall–Kier alpha value is -0.610. The molecule has 0 bridgehead atoms. The minimum atomic E-state index is -0.856. The van der Waals surface area contributed by atoms with Crippen LogP contribution in [0.4, 0.5) is 0 Å². The van der Waals surface area contributed by atoms with Gasteiger partial charge >= 0.3 is 0 Å². The Kier molecular flexibility index (Phi) is 4.68. The Morgan fingerprint density at radius 1 is 1.42 bits per heavy atom. The maximum atomic E-state index is 12.6. The largest absolute Gasteiger partial charge is 0.389 e. The van der Waals surface area contributed by atoms with Gasteiger partial charge in [-0.05, 0) is 38.0 Å².